The number of benzene rings is 1. The van der Waals surface area contributed by atoms with E-state index >= 15 is 0 Å². The van der Waals surface area contributed by atoms with E-state index in [2.05, 4.69) is 15.9 Å². The Morgan fingerprint density at radius 3 is 2.76 bits per heavy atom. The quantitative estimate of drug-likeness (QED) is 0.903. The molecule has 2 aromatic rings. The van der Waals surface area contributed by atoms with Crippen LogP contribution in [0.25, 0.3) is 0 Å². The monoisotopic (exact) mass is 313 g/mol. The minimum Gasteiger partial charge on any atom is -0.323 e. The molecule has 2 rings (SSSR count). The third-order valence-corrected chi connectivity index (χ3v) is 4.20. The molecule has 0 saturated heterocycles. The number of thiophene rings is 1. The summed E-state index contributed by atoms with van der Waals surface area (Å²) in [6.45, 7) is 2.04. The highest BCUT2D eigenvalue weighted by Gasteiger charge is 2.12. The first-order valence-corrected chi connectivity index (χ1v) is 6.93. The van der Waals surface area contributed by atoms with Gasteiger partial charge in [-0.3, -0.25) is 0 Å². The van der Waals surface area contributed by atoms with Gasteiger partial charge in [-0.2, -0.15) is 0 Å². The molecule has 0 aliphatic heterocycles. The molecule has 0 fully saturated rings. The molecule has 1 heterocycles. The van der Waals surface area contributed by atoms with Gasteiger partial charge in [0.1, 0.15) is 5.82 Å². The maximum Gasteiger partial charge on any atom is 0.126 e. The van der Waals surface area contributed by atoms with Crippen LogP contribution in [-0.2, 0) is 6.42 Å². The minimum atomic E-state index is -0.197. The molecule has 0 aliphatic carbocycles. The SMILES string of the molecule is Cc1ccc(C(N)Cc2cc(Br)ccc2F)s1. The first kappa shape index (κ1) is 12.7. The van der Waals surface area contributed by atoms with Crippen molar-refractivity contribution < 1.29 is 4.39 Å². The van der Waals surface area contributed by atoms with Gasteiger partial charge in [0.2, 0.25) is 0 Å². The molecule has 4 heteroatoms. The smallest absolute Gasteiger partial charge is 0.126 e. The van der Waals surface area contributed by atoms with Gasteiger partial charge in [-0.05, 0) is 49.2 Å². The second kappa shape index (κ2) is 5.29. The molecule has 1 atom stereocenters. The van der Waals surface area contributed by atoms with E-state index in [0.717, 1.165) is 9.35 Å². The Morgan fingerprint density at radius 2 is 2.12 bits per heavy atom. The molecule has 0 saturated carbocycles. The maximum atomic E-state index is 13.6. The van der Waals surface area contributed by atoms with Crippen molar-refractivity contribution in [3.63, 3.8) is 0 Å². The largest absolute Gasteiger partial charge is 0.323 e. The van der Waals surface area contributed by atoms with Crippen molar-refractivity contribution in [1.82, 2.24) is 0 Å². The van der Waals surface area contributed by atoms with Crippen molar-refractivity contribution in [1.29, 1.82) is 0 Å². The summed E-state index contributed by atoms with van der Waals surface area (Å²) >= 11 is 5.01. The number of halogens is 2. The number of aryl methyl sites for hydroxylation is 1. The normalized spacial score (nSPS) is 12.7. The highest BCUT2D eigenvalue weighted by molar-refractivity contribution is 9.10. The van der Waals surface area contributed by atoms with Gasteiger partial charge < -0.3 is 5.73 Å². The fraction of sp³-hybridized carbons (Fsp3) is 0.231. The van der Waals surface area contributed by atoms with Crippen LogP contribution in [0, 0.1) is 12.7 Å². The fourth-order valence-electron chi connectivity index (χ4n) is 1.69. The third kappa shape index (κ3) is 3.15. The van der Waals surface area contributed by atoms with Crippen LogP contribution < -0.4 is 5.73 Å². The Labute approximate surface area is 113 Å². The van der Waals surface area contributed by atoms with E-state index in [-0.39, 0.29) is 11.9 Å². The Morgan fingerprint density at radius 1 is 1.35 bits per heavy atom. The minimum absolute atomic E-state index is 0.141. The zero-order valence-corrected chi connectivity index (χ0v) is 11.8. The number of nitrogens with two attached hydrogens (primary N) is 1. The molecule has 0 spiro atoms. The van der Waals surface area contributed by atoms with Crippen LogP contribution in [0.5, 0.6) is 0 Å². The van der Waals surface area contributed by atoms with Gasteiger partial charge in [0.05, 0.1) is 0 Å². The van der Waals surface area contributed by atoms with Crippen molar-refractivity contribution in [3.05, 3.63) is 55.9 Å². The van der Waals surface area contributed by atoms with Gasteiger partial charge in [0.25, 0.3) is 0 Å². The highest BCUT2D eigenvalue weighted by atomic mass is 79.9. The van der Waals surface area contributed by atoms with Crippen LogP contribution in [0.2, 0.25) is 0 Å². The summed E-state index contributed by atoms with van der Waals surface area (Å²) in [5.41, 5.74) is 6.74. The topological polar surface area (TPSA) is 26.0 Å². The lowest BCUT2D eigenvalue weighted by atomic mass is 10.1. The molecule has 0 aliphatic rings. The van der Waals surface area contributed by atoms with Crippen LogP contribution in [0.1, 0.15) is 21.4 Å². The zero-order valence-electron chi connectivity index (χ0n) is 9.41. The van der Waals surface area contributed by atoms with E-state index < -0.39 is 0 Å². The Bertz CT molecular complexity index is 524. The van der Waals surface area contributed by atoms with Gasteiger partial charge in [-0.15, -0.1) is 11.3 Å². The summed E-state index contributed by atoms with van der Waals surface area (Å²) in [5, 5.41) is 0. The van der Waals surface area contributed by atoms with Gasteiger partial charge in [-0.25, -0.2) is 4.39 Å². The molecule has 2 N–H and O–H groups in total. The van der Waals surface area contributed by atoms with Crippen molar-refractivity contribution in [2.75, 3.05) is 0 Å². The maximum absolute atomic E-state index is 13.6. The van der Waals surface area contributed by atoms with E-state index in [4.69, 9.17) is 5.73 Å². The van der Waals surface area contributed by atoms with Crippen molar-refractivity contribution in [2.24, 2.45) is 5.73 Å². The molecular formula is C13H13BrFNS. The highest BCUT2D eigenvalue weighted by Crippen LogP contribution is 2.25. The Kier molecular flexibility index (Phi) is 3.97. The second-order valence-electron chi connectivity index (χ2n) is 3.99. The van der Waals surface area contributed by atoms with E-state index in [1.54, 1.807) is 23.5 Å². The molecule has 0 bridgehead atoms. The summed E-state index contributed by atoms with van der Waals surface area (Å²) in [6, 6.07) is 8.86. The molecule has 1 aromatic carbocycles. The van der Waals surface area contributed by atoms with Crippen molar-refractivity contribution >= 4 is 27.3 Å². The number of hydrogen-bond donors (Lipinski definition) is 1. The van der Waals surface area contributed by atoms with Crippen LogP contribution in [0.15, 0.2) is 34.8 Å². The second-order valence-corrected chi connectivity index (χ2v) is 6.23. The van der Waals surface area contributed by atoms with E-state index in [1.807, 2.05) is 19.1 Å². The standard InChI is InChI=1S/C13H13BrFNS/c1-8-2-5-13(17-8)12(16)7-9-6-10(14)3-4-11(9)15/h2-6,12H,7,16H2,1H3. The Hall–Kier alpha value is -0.710. The average Bonchev–Trinajstić information content (AvgIpc) is 2.70. The van der Waals surface area contributed by atoms with E-state index in [1.165, 1.54) is 10.9 Å². The van der Waals surface area contributed by atoms with Crippen molar-refractivity contribution in [2.45, 2.75) is 19.4 Å². The van der Waals surface area contributed by atoms with Crippen LogP contribution in [0.3, 0.4) is 0 Å². The van der Waals surface area contributed by atoms with E-state index in [9.17, 15) is 4.39 Å². The van der Waals surface area contributed by atoms with E-state index in [0.29, 0.717) is 12.0 Å². The van der Waals surface area contributed by atoms with Crippen molar-refractivity contribution in [3.8, 4) is 0 Å². The van der Waals surface area contributed by atoms with Crippen LogP contribution in [-0.4, -0.2) is 0 Å². The number of rotatable bonds is 3. The predicted octanol–water partition coefficient (Wildman–Crippen LogP) is 4.20. The summed E-state index contributed by atoms with van der Waals surface area (Å²) in [5.74, 6) is -0.197. The number of hydrogen-bond acceptors (Lipinski definition) is 2. The summed E-state index contributed by atoms with van der Waals surface area (Å²) in [4.78, 5) is 2.33. The van der Waals surface area contributed by atoms with Gasteiger partial charge in [0, 0.05) is 20.3 Å². The summed E-state index contributed by atoms with van der Waals surface area (Å²) < 4.78 is 14.5. The zero-order chi connectivity index (χ0) is 12.4. The first-order valence-electron chi connectivity index (χ1n) is 5.32. The fourth-order valence-corrected chi connectivity index (χ4v) is 2.98. The molecular weight excluding hydrogens is 301 g/mol. The predicted molar refractivity (Wildman–Crippen MR) is 73.8 cm³/mol. The summed E-state index contributed by atoms with van der Waals surface area (Å²) in [7, 11) is 0. The van der Waals surface area contributed by atoms with Gasteiger partial charge >= 0.3 is 0 Å². The molecule has 0 radical (unpaired) electrons. The summed E-state index contributed by atoms with van der Waals surface area (Å²) in [6.07, 6.45) is 0.519. The lowest BCUT2D eigenvalue weighted by Crippen LogP contribution is -2.12. The average molecular weight is 314 g/mol. The molecule has 0 amide bonds. The third-order valence-electron chi connectivity index (χ3n) is 2.57. The first-order chi connectivity index (χ1) is 8.06. The van der Waals surface area contributed by atoms with Gasteiger partial charge in [0.15, 0.2) is 0 Å². The Balaban J connectivity index is 2.18. The van der Waals surface area contributed by atoms with Gasteiger partial charge in [-0.1, -0.05) is 15.9 Å². The molecule has 1 unspecified atom stereocenters. The lowest BCUT2D eigenvalue weighted by molar-refractivity contribution is 0.594. The molecule has 1 aromatic heterocycles. The lowest BCUT2D eigenvalue weighted by Gasteiger charge is -2.10. The molecule has 17 heavy (non-hydrogen) atoms. The molecule has 1 nitrogen and oxygen atoms in total. The molecule has 90 valence electrons. The van der Waals surface area contributed by atoms with Crippen LogP contribution in [0.4, 0.5) is 4.39 Å². The van der Waals surface area contributed by atoms with Crippen LogP contribution >= 0.6 is 27.3 Å².